The number of rotatable bonds is 5. The van der Waals surface area contributed by atoms with Gasteiger partial charge in [-0.3, -0.25) is 4.79 Å². The van der Waals surface area contributed by atoms with Gasteiger partial charge in [-0.1, -0.05) is 6.07 Å². The molecule has 0 bridgehead atoms. The molecule has 20 heavy (non-hydrogen) atoms. The Balaban J connectivity index is 1.55. The Morgan fingerprint density at radius 2 is 2.30 bits per heavy atom. The van der Waals surface area contributed by atoms with Crippen LogP contribution < -0.4 is 5.32 Å². The van der Waals surface area contributed by atoms with Gasteiger partial charge in [0.25, 0.3) is 0 Å². The van der Waals surface area contributed by atoms with Crippen molar-refractivity contribution in [2.75, 3.05) is 26.2 Å². The third kappa shape index (κ3) is 2.77. The molecule has 1 N–H and O–H groups in total. The second-order valence-corrected chi connectivity index (χ2v) is 7.15. The maximum atomic E-state index is 12.7. The zero-order valence-electron chi connectivity index (χ0n) is 12.2. The van der Waals surface area contributed by atoms with Gasteiger partial charge in [0.1, 0.15) is 0 Å². The highest BCUT2D eigenvalue weighted by Gasteiger charge is 2.58. The molecule has 1 aliphatic heterocycles. The minimum Gasteiger partial charge on any atom is -0.342 e. The zero-order valence-corrected chi connectivity index (χ0v) is 13.0. The van der Waals surface area contributed by atoms with E-state index in [0.29, 0.717) is 17.2 Å². The van der Waals surface area contributed by atoms with Crippen LogP contribution in [0.5, 0.6) is 0 Å². The summed E-state index contributed by atoms with van der Waals surface area (Å²) in [6.45, 7) is 6.00. The number of amides is 1. The Hall–Kier alpha value is -0.870. The average molecular weight is 292 g/mol. The second-order valence-electron chi connectivity index (χ2n) is 6.12. The van der Waals surface area contributed by atoms with Crippen LogP contribution in [0.1, 0.15) is 31.1 Å². The van der Waals surface area contributed by atoms with E-state index in [1.54, 1.807) is 11.3 Å². The first-order valence-electron chi connectivity index (χ1n) is 7.77. The average Bonchev–Trinajstić information content (AvgIpc) is 2.92. The van der Waals surface area contributed by atoms with Gasteiger partial charge in [-0.25, -0.2) is 0 Å². The lowest BCUT2D eigenvalue weighted by molar-refractivity contribution is -0.133. The van der Waals surface area contributed by atoms with Crippen LogP contribution >= 0.6 is 11.3 Å². The van der Waals surface area contributed by atoms with E-state index in [4.69, 9.17) is 0 Å². The quantitative estimate of drug-likeness (QED) is 0.904. The first-order chi connectivity index (χ1) is 9.75. The summed E-state index contributed by atoms with van der Waals surface area (Å²) >= 11 is 1.79. The van der Waals surface area contributed by atoms with E-state index in [0.717, 1.165) is 39.0 Å². The number of hydrogen-bond donors (Lipinski definition) is 1. The van der Waals surface area contributed by atoms with E-state index >= 15 is 0 Å². The Bertz CT molecular complexity index is 451. The topological polar surface area (TPSA) is 32.3 Å². The number of nitrogens with one attached hydrogen (secondary N) is 1. The molecule has 3 nitrogen and oxygen atoms in total. The molecule has 1 saturated heterocycles. The van der Waals surface area contributed by atoms with Gasteiger partial charge in [0, 0.05) is 23.9 Å². The van der Waals surface area contributed by atoms with Crippen LogP contribution in [-0.2, 0) is 11.2 Å². The summed E-state index contributed by atoms with van der Waals surface area (Å²) in [7, 11) is 0. The highest BCUT2D eigenvalue weighted by atomic mass is 32.1. The summed E-state index contributed by atoms with van der Waals surface area (Å²) in [6.07, 6.45) is 4.50. The van der Waals surface area contributed by atoms with Crippen molar-refractivity contribution in [1.82, 2.24) is 10.2 Å². The highest BCUT2D eigenvalue weighted by molar-refractivity contribution is 7.09. The second kappa shape index (κ2) is 5.86. The van der Waals surface area contributed by atoms with Crippen LogP contribution in [-0.4, -0.2) is 37.0 Å². The molecule has 2 heterocycles. The van der Waals surface area contributed by atoms with E-state index < -0.39 is 0 Å². The Labute approximate surface area is 125 Å². The first-order valence-corrected chi connectivity index (χ1v) is 8.65. The predicted octanol–water partition coefficient (Wildman–Crippen LogP) is 2.53. The van der Waals surface area contributed by atoms with Crippen molar-refractivity contribution >= 4 is 17.2 Å². The number of carbonyl (C=O) groups is 1. The van der Waals surface area contributed by atoms with Crippen molar-refractivity contribution in [2.45, 2.75) is 32.6 Å². The molecule has 2 aliphatic rings. The summed E-state index contributed by atoms with van der Waals surface area (Å²) < 4.78 is 0. The molecule has 2 fully saturated rings. The normalized spacial score (nSPS) is 23.8. The van der Waals surface area contributed by atoms with Gasteiger partial charge in [0.2, 0.25) is 5.91 Å². The van der Waals surface area contributed by atoms with Crippen LogP contribution in [0, 0.1) is 11.3 Å². The molecule has 1 spiro atoms. The number of likely N-dealkylation sites (N-methyl/N-ethyl adjacent to an activating group) is 1. The summed E-state index contributed by atoms with van der Waals surface area (Å²) in [5, 5.41) is 5.51. The molecule has 1 atom stereocenters. The van der Waals surface area contributed by atoms with Crippen molar-refractivity contribution in [3.8, 4) is 0 Å². The maximum absolute atomic E-state index is 12.7. The molecule has 1 aromatic heterocycles. The zero-order chi connectivity index (χ0) is 14.0. The number of hydrogen-bond acceptors (Lipinski definition) is 3. The molecule has 1 aliphatic carbocycles. The van der Waals surface area contributed by atoms with Crippen molar-refractivity contribution < 1.29 is 4.79 Å². The number of piperidine rings is 1. The molecular formula is C16H24N2OS. The molecule has 1 saturated carbocycles. The predicted molar refractivity (Wildman–Crippen MR) is 82.9 cm³/mol. The van der Waals surface area contributed by atoms with Crippen molar-refractivity contribution in [1.29, 1.82) is 0 Å². The maximum Gasteiger partial charge on any atom is 0.226 e. The summed E-state index contributed by atoms with van der Waals surface area (Å²) in [5.41, 5.74) is 0.360. The monoisotopic (exact) mass is 292 g/mol. The third-order valence-electron chi connectivity index (χ3n) is 4.99. The van der Waals surface area contributed by atoms with E-state index in [-0.39, 0.29) is 0 Å². The lowest BCUT2D eigenvalue weighted by Crippen LogP contribution is -2.37. The smallest absolute Gasteiger partial charge is 0.226 e. The summed E-state index contributed by atoms with van der Waals surface area (Å²) in [4.78, 5) is 16.1. The van der Waals surface area contributed by atoms with Crippen LogP contribution in [0.3, 0.4) is 0 Å². The molecule has 0 aromatic carbocycles. The molecule has 1 unspecified atom stereocenters. The summed E-state index contributed by atoms with van der Waals surface area (Å²) in [5.74, 6) is 0.721. The lowest BCUT2D eigenvalue weighted by atomic mass is 9.91. The van der Waals surface area contributed by atoms with Crippen LogP contribution in [0.25, 0.3) is 0 Å². The number of carbonyl (C=O) groups excluding carboxylic acids is 1. The SMILES string of the molecule is CCN(CCc1cccs1)C(=O)C1CC12CCNCC2. The van der Waals surface area contributed by atoms with Crippen molar-refractivity contribution in [3.05, 3.63) is 22.4 Å². The van der Waals surface area contributed by atoms with Gasteiger partial charge < -0.3 is 10.2 Å². The van der Waals surface area contributed by atoms with E-state index in [9.17, 15) is 4.79 Å². The van der Waals surface area contributed by atoms with Gasteiger partial charge in [-0.05, 0) is 62.6 Å². The van der Waals surface area contributed by atoms with E-state index in [2.05, 4.69) is 34.7 Å². The molecular weight excluding hydrogens is 268 g/mol. The standard InChI is InChI=1S/C16H24N2OS/c1-2-18(10-5-13-4-3-11-20-13)15(19)14-12-16(14)6-8-17-9-7-16/h3-4,11,14,17H,2,5-10,12H2,1H3. The fourth-order valence-electron chi connectivity index (χ4n) is 3.52. The van der Waals surface area contributed by atoms with Crippen LogP contribution in [0.2, 0.25) is 0 Å². The summed E-state index contributed by atoms with van der Waals surface area (Å²) in [6, 6.07) is 4.25. The molecule has 3 rings (SSSR count). The molecule has 0 radical (unpaired) electrons. The van der Waals surface area contributed by atoms with Gasteiger partial charge in [-0.15, -0.1) is 11.3 Å². The van der Waals surface area contributed by atoms with E-state index in [1.807, 2.05) is 0 Å². The largest absolute Gasteiger partial charge is 0.342 e. The van der Waals surface area contributed by atoms with Crippen LogP contribution in [0.15, 0.2) is 17.5 Å². The first kappa shape index (κ1) is 14.1. The van der Waals surface area contributed by atoms with Gasteiger partial charge in [0.05, 0.1) is 0 Å². The molecule has 110 valence electrons. The van der Waals surface area contributed by atoms with Crippen molar-refractivity contribution in [2.24, 2.45) is 11.3 Å². The molecule has 4 heteroatoms. The van der Waals surface area contributed by atoms with Gasteiger partial charge in [-0.2, -0.15) is 0 Å². The van der Waals surface area contributed by atoms with Gasteiger partial charge >= 0.3 is 0 Å². The Kier molecular flexibility index (Phi) is 4.13. The third-order valence-corrected chi connectivity index (χ3v) is 5.92. The minimum atomic E-state index is 0.313. The fraction of sp³-hybridized carbons (Fsp3) is 0.688. The highest BCUT2D eigenvalue weighted by Crippen LogP contribution is 2.59. The molecule has 1 aromatic rings. The van der Waals surface area contributed by atoms with E-state index in [1.165, 1.54) is 17.7 Å². The van der Waals surface area contributed by atoms with Gasteiger partial charge in [0.15, 0.2) is 0 Å². The van der Waals surface area contributed by atoms with Crippen molar-refractivity contribution in [3.63, 3.8) is 0 Å². The fourth-order valence-corrected chi connectivity index (χ4v) is 4.22. The Morgan fingerprint density at radius 1 is 1.50 bits per heavy atom. The number of nitrogens with zero attached hydrogens (tertiary/aromatic N) is 1. The number of thiophene rings is 1. The lowest BCUT2D eigenvalue weighted by Gasteiger charge is -2.26. The molecule has 1 amide bonds. The minimum absolute atomic E-state index is 0.313. The Morgan fingerprint density at radius 3 is 2.95 bits per heavy atom. The van der Waals surface area contributed by atoms with Crippen LogP contribution in [0.4, 0.5) is 0 Å².